The standard InChI is InChI=1S/C26H45NO7S/c1-15(4-7-23(31)27-10-11-35(32,33)34)18-5-6-19-24-20(14-22(30)26(18,19)3)25(2)9-8-17(28)12-16(25)13-21(24)29/h15-22,24,28-30H,4-14H2,1-3H3,(H,27,31)(H,32,33,34)/t15-,16-,17-,18-,19-,20+,21-,22+,24-,25+,26-/m1/s1. The lowest BCUT2D eigenvalue weighted by molar-refractivity contribution is -0.207. The zero-order valence-electron chi connectivity index (χ0n) is 21.4. The fraction of sp³-hybridized carbons (Fsp3) is 0.962. The number of carbonyl (C=O) groups is 1. The summed E-state index contributed by atoms with van der Waals surface area (Å²) in [4.78, 5) is 12.2. The van der Waals surface area contributed by atoms with E-state index in [1.54, 1.807) is 0 Å². The Morgan fingerprint density at radius 2 is 1.77 bits per heavy atom. The normalized spacial score (nSPS) is 46.3. The van der Waals surface area contributed by atoms with Crippen molar-refractivity contribution < 1.29 is 33.1 Å². The maximum Gasteiger partial charge on any atom is 0.266 e. The van der Waals surface area contributed by atoms with E-state index in [0.29, 0.717) is 18.8 Å². The van der Waals surface area contributed by atoms with Gasteiger partial charge >= 0.3 is 0 Å². The SMILES string of the molecule is C[C@H](CCC(=O)NCCS(=O)(=O)O)[C@H]1CC[C@@H]2[C@H]3[C@H](O)C[C@H]4C[C@H](O)CC[C@]4(C)[C@H]3C[C@H](O)[C@@]21C. The molecule has 0 saturated heterocycles. The van der Waals surface area contributed by atoms with E-state index in [2.05, 4.69) is 26.1 Å². The molecule has 4 fully saturated rings. The molecular formula is C26H45NO7S. The zero-order chi connectivity index (χ0) is 25.8. The van der Waals surface area contributed by atoms with Gasteiger partial charge in [0.15, 0.2) is 0 Å². The summed E-state index contributed by atoms with van der Waals surface area (Å²) in [7, 11) is -4.10. The average molecular weight is 516 g/mol. The second kappa shape index (κ2) is 9.86. The monoisotopic (exact) mass is 515 g/mol. The summed E-state index contributed by atoms with van der Waals surface area (Å²) >= 11 is 0. The predicted molar refractivity (Wildman–Crippen MR) is 132 cm³/mol. The van der Waals surface area contributed by atoms with Crippen LogP contribution in [0.3, 0.4) is 0 Å². The molecule has 4 aliphatic rings. The van der Waals surface area contributed by atoms with Crippen LogP contribution >= 0.6 is 0 Å². The van der Waals surface area contributed by atoms with Crippen LogP contribution in [0.4, 0.5) is 0 Å². The molecule has 0 spiro atoms. The van der Waals surface area contributed by atoms with Crippen molar-refractivity contribution in [2.75, 3.05) is 12.3 Å². The van der Waals surface area contributed by atoms with Crippen molar-refractivity contribution in [3.05, 3.63) is 0 Å². The molecular weight excluding hydrogens is 470 g/mol. The highest BCUT2D eigenvalue weighted by Gasteiger charge is 2.65. The van der Waals surface area contributed by atoms with E-state index in [0.717, 1.165) is 38.5 Å². The average Bonchev–Trinajstić information content (AvgIpc) is 3.12. The van der Waals surface area contributed by atoms with Gasteiger partial charge in [0.1, 0.15) is 0 Å². The first-order valence-electron chi connectivity index (χ1n) is 13.5. The molecule has 0 aliphatic heterocycles. The van der Waals surface area contributed by atoms with E-state index in [9.17, 15) is 28.5 Å². The van der Waals surface area contributed by atoms with Crippen molar-refractivity contribution >= 4 is 16.0 Å². The molecule has 0 bridgehead atoms. The Balaban J connectivity index is 1.43. The van der Waals surface area contributed by atoms with Crippen LogP contribution in [0.2, 0.25) is 0 Å². The molecule has 35 heavy (non-hydrogen) atoms. The molecule has 4 saturated carbocycles. The molecule has 9 heteroatoms. The van der Waals surface area contributed by atoms with Crippen molar-refractivity contribution in [1.29, 1.82) is 0 Å². The summed E-state index contributed by atoms with van der Waals surface area (Å²) < 4.78 is 30.5. The minimum Gasteiger partial charge on any atom is -0.393 e. The topological polar surface area (TPSA) is 144 Å². The number of carbonyl (C=O) groups excluding carboxylic acids is 1. The molecule has 1 amide bonds. The van der Waals surface area contributed by atoms with E-state index in [4.69, 9.17) is 4.55 Å². The number of fused-ring (bicyclic) bond motifs is 5. The maximum atomic E-state index is 12.2. The third-order valence-corrected chi connectivity index (χ3v) is 11.7. The van der Waals surface area contributed by atoms with Gasteiger partial charge in [-0.3, -0.25) is 9.35 Å². The summed E-state index contributed by atoms with van der Waals surface area (Å²) in [5, 5.41) is 35.8. The number of hydrogen-bond acceptors (Lipinski definition) is 6. The molecule has 4 rings (SSSR count). The molecule has 0 aromatic carbocycles. The molecule has 0 unspecified atom stereocenters. The Labute approximate surface area is 210 Å². The van der Waals surface area contributed by atoms with Gasteiger partial charge in [-0.05, 0) is 97.7 Å². The van der Waals surface area contributed by atoms with Crippen LogP contribution in [0.5, 0.6) is 0 Å². The van der Waals surface area contributed by atoms with Gasteiger partial charge in [-0.2, -0.15) is 8.42 Å². The van der Waals surface area contributed by atoms with Crippen LogP contribution in [0.1, 0.15) is 78.6 Å². The van der Waals surface area contributed by atoms with Crippen LogP contribution in [0.25, 0.3) is 0 Å². The van der Waals surface area contributed by atoms with Crippen LogP contribution < -0.4 is 5.32 Å². The molecule has 5 N–H and O–H groups in total. The summed E-state index contributed by atoms with van der Waals surface area (Å²) in [6.45, 7) is 6.56. The number of aliphatic hydroxyl groups is 3. The Kier molecular flexibility index (Phi) is 7.69. The molecule has 0 heterocycles. The van der Waals surface area contributed by atoms with Gasteiger partial charge in [0.2, 0.25) is 5.91 Å². The van der Waals surface area contributed by atoms with Crippen molar-refractivity contribution in [3.8, 4) is 0 Å². The summed E-state index contributed by atoms with van der Waals surface area (Å²) in [6, 6.07) is 0. The number of amides is 1. The van der Waals surface area contributed by atoms with Gasteiger partial charge in [-0.1, -0.05) is 20.8 Å². The van der Waals surface area contributed by atoms with Gasteiger partial charge in [0, 0.05) is 13.0 Å². The minimum atomic E-state index is -4.10. The number of hydrogen-bond donors (Lipinski definition) is 5. The molecule has 0 aromatic heterocycles. The van der Waals surface area contributed by atoms with Crippen molar-refractivity contribution in [1.82, 2.24) is 5.32 Å². The predicted octanol–water partition coefficient (Wildman–Crippen LogP) is 2.37. The maximum absolute atomic E-state index is 12.2. The molecule has 0 aromatic rings. The summed E-state index contributed by atoms with van der Waals surface area (Å²) in [5.74, 6) is 0.705. The lowest BCUT2D eigenvalue weighted by Crippen LogP contribution is -2.62. The van der Waals surface area contributed by atoms with Gasteiger partial charge in [0.05, 0.1) is 24.1 Å². The van der Waals surface area contributed by atoms with Crippen molar-refractivity contribution in [3.63, 3.8) is 0 Å². The van der Waals surface area contributed by atoms with Crippen LogP contribution in [0.15, 0.2) is 0 Å². The molecule has 4 aliphatic carbocycles. The molecule has 0 radical (unpaired) electrons. The fourth-order valence-corrected chi connectivity index (χ4v) is 9.46. The number of nitrogens with one attached hydrogen (secondary N) is 1. The Hall–Kier alpha value is -0.740. The summed E-state index contributed by atoms with van der Waals surface area (Å²) in [6.07, 6.45) is 5.67. The van der Waals surface area contributed by atoms with Crippen LogP contribution in [0, 0.1) is 46.3 Å². The van der Waals surface area contributed by atoms with Crippen LogP contribution in [-0.4, -0.2) is 64.8 Å². The summed E-state index contributed by atoms with van der Waals surface area (Å²) in [5.41, 5.74) is -0.254. The smallest absolute Gasteiger partial charge is 0.266 e. The highest BCUT2D eigenvalue weighted by atomic mass is 32.2. The van der Waals surface area contributed by atoms with E-state index in [-0.39, 0.29) is 65.4 Å². The Morgan fingerprint density at radius 1 is 1.06 bits per heavy atom. The third-order valence-electron chi connectivity index (χ3n) is 11.0. The lowest BCUT2D eigenvalue weighted by atomic mass is 9.43. The number of aliphatic hydroxyl groups excluding tert-OH is 3. The number of rotatable bonds is 7. The van der Waals surface area contributed by atoms with Crippen LogP contribution in [-0.2, 0) is 14.9 Å². The second-order valence-corrected chi connectivity index (χ2v) is 14.2. The highest BCUT2D eigenvalue weighted by molar-refractivity contribution is 7.85. The van der Waals surface area contributed by atoms with E-state index in [1.807, 2.05) is 0 Å². The quantitative estimate of drug-likeness (QED) is 0.327. The Bertz CT molecular complexity index is 896. The van der Waals surface area contributed by atoms with Gasteiger partial charge in [-0.25, -0.2) is 0 Å². The molecule has 202 valence electrons. The first kappa shape index (κ1) is 27.3. The zero-order valence-corrected chi connectivity index (χ0v) is 22.2. The highest BCUT2D eigenvalue weighted by Crippen LogP contribution is 2.68. The largest absolute Gasteiger partial charge is 0.393 e. The second-order valence-electron chi connectivity index (χ2n) is 12.7. The van der Waals surface area contributed by atoms with E-state index >= 15 is 0 Å². The first-order chi connectivity index (χ1) is 16.3. The van der Waals surface area contributed by atoms with Gasteiger partial charge < -0.3 is 20.6 Å². The van der Waals surface area contributed by atoms with Gasteiger partial charge in [0.25, 0.3) is 10.1 Å². The Morgan fingerprint density at radius 3 is 2.46 bits per heavy atom. The van der Waals surface area contributed by atoms with Crippen molar-refractivity contribution in [2.45, 2.75) is 96.9 Å². The lowest BCUT2D eigenvalue weighted by Gasteiger charge is -2.63. The van der Waals surface area contributed by atoms with E-state index < -0.39 is 28.1 Å². The minimum absolute atomic E-state index is 0.0509. The van der Waals surface area contributed by atoms with Crippen molar-refractivity contribution in [2.24, 2.45) is 46.3 Å². The third kappa shape index (κ3) is 5.05. The molecule has 8 nitrogen and oxygen atoms in total. The molecule has 11 atom stereocenters. The van der Waals surface area contributed by atoms with Gasteiger partial charge in [-0.15, -0.1) is 0 Å². The first-order valence-corrected chi connectivity index (χ1v) is 15.1. The van der Waals surface area contributed by atoms with E-state index in [1.165, 1.54) is 0 Å². The fourth-order valence-electron chi connectivity index (χ4n) is 9.10.